The Morgan fingerprint density at radius 3 is 2.78 bits per heavy atom. The molecule has 1 heterocycles. The molecule has 0 spiro atoms. The summed E-state index contributed by atoms with van der Waals surface area (Å²) in [5.74, 6) is 2.40. The van der Waals surface area contributed by atoms with Crippen LogP contribution in [0.4, 0.5) is 0 Å². The summed E-state index contributed by atoms with van der Waals surface area (Å²) < 4.78 is 10.9. The number of benzene rings is 1. The molecule has 0 aliphatic heterocycles. The molecule has 1 aromatic carbocycles. The van der Waals surface area contributed by atoms with Crippen molar-refractivity contribution in [3.63, 3.8) is 0 Å². The Labute approximate surface area is 166 Å². The van der Waals surface area contributed by atoms with Gasteiger partial charge in [0.25, 0.3) is 0 Å². The molecule has 0 aliphatic carbocycles. The molecule has 2 rings (SSSR count). The Kier molecular flexibility index (Phi) is 9.27. The number of hydrogen-bond donors (Lipinski definition) is 2. The zero-order valence-electron chi connectivity index (χ0n) is 15.9. The van der Waals surface area contributed by atoms with Gasteiger partial charge in [-0.15, -0.1) is 0 Å². The maximum Gasteiger partial charge on any atom is 0.191 e. The van der Waals surface area contributed by atoms with Crippen molar-refractivity contribution in [1.82, 2.24) is 15.6 Å². The first-order chi connectivity index (χ1) is 13.2. The maximum atomic E-state index is 5.80. The van der Waals surface area contributed by atoms with Crippen LogP contribution in [0.3, 0.4) is 0 Å². The molecule has 0 aliphatic rings. The number of nitrogens with zero attached hydrogens (tertiary/aromatic N) is 2. The molecule has 146 valence electrons. The molecule has 6 nitrogen and oxygen atoms in total. The lowest BCUT2D eigenvalue weighted by Gasteiger charge is -2.11. The SMILES string of the molecule is CCNC(=NCCCOc1cccc(OC)c1)NCCc1ccc(Cl)nc1. The summed E-state index contributed by atoms with van der Waals surface area (Å²) in [4.78, 5) is 8.67. The molecule has 2 aromatic rings. The highest BCUT2D eigenvalue weighted by Crippen LogP contribution is 2.18. The largest absolute Gasteiger partial charge is 0.497 e. The van der Waals surface area contributed by atoms with Gasteiger partial charge in [0.05, 0.1) is 13.7 Å². The molecular formula is C20H27ClN4O2. The van der Waals surface area contributed by atoms with Crippen molar-refractivity contribution >= 4 is 17.6 Å². The van der Waals surface area contributed by atoms with Gasteiger partial charge < -0.3 is 20.1 Å². The van der Waals surface area contributed by atoms with E-state index < -0.39 is 0 Å². The third-order valence-electron chi connectivity index (χ3n) is 3.72. The summed E-state index contributed by atoms with van der Waals surface area (Å²) in [6.45, 7) is 4.92. The summed E-state index contributed by atoms with van der Waals surface area (Å²) in [5.41, 5.74) is 1.13. The minimum Gasteiger partial charge on any atom is -0.497 e. The van der Waals surface area contributed by atoms with Crippen LogP contribution in [0.1, 0.15) is 18.9 Å². The number of methoxy groups -OCH3 is 1. The van der Waals surface area contributed by atoms with Gasteiger partial charge in [0.15, 0.2) is 5.96 Å². The number of aromatic nitrogens is 1. The molecule has 0 atom stereocenters. The molecule has 0 fully saturated rings. The second-order valence-corrected chi connectivity index (χ2v) is 6.19. The van der Waals surface area contributed by atoms with Crippen molar-refractivity contribution in [2.45, 2.75) is 19.8 Å². The van der Waals surface area contributed by atoms with Crippen LogP contribution in [-0.2, 0) is 6.42 Å². The van der Waals surface area contributed by atoms with E-state index in [0.29, 0.717) is 18.3 Å². The first-order valence-electron chi connectivity index (χ1n) is 9.10. The number of ether oxygens (including phenoxy) is 2. The summed E-state index contributed by atoms with van der Waals surface area (Å²) in [6, 6.07) is 11.4. The molecule has 0 bridgehead atoms. The van der Waals surface area contributed by atoms with Crippen LogP contribution in [0.25, 0.3) is 0 Å². The minimum absolute atomic E-state index is 0.512. The van der Waals surface area contributed by atoms with Crippen molar-refractivity contribution in [1.29, 1.82) is 0 Å². The third kappa shape index (κ3) is 8.17. The van der Waals surface area contributed by atoms with Crippen LogP contribution in [0.5, 0.6) is 11.5 Å². The number of rotatable bonds is 10. The van der Waals surface area contributed by atoms with Crippen molar-refractivity contribution in [3.05, 3.63) is 53.3 Å². The van der Waals surface area contributed by atoms with Crippen molar-refractivity contribution in [2.24, 2.45) is 4.99 Å². The second kappa shape index (κ2) is 12.0. The molecule has 0 radical (unpaired) electrons. The average molecular weight is 391 g/mol. The van der Waals surface area contributed by atoms with Gasteiger partial charge in [-0.05, 0) is 37.1 Å². The van der Waals surface area contributed by atoms with E-state index in [1.54, 1.807) is 19.4 Å². The quantitative estimate of drug-likeness (QED) is 0.282. The molecule has 0 saturated heterocycles. The van der Waals surface area contributed by atoms with Crippen LogP contribution in [0.15, 0.2) is 47.6 Å². The van der Waals surface area contributed by atoms with Gasteiger partial charge in [-0.3, -0.25) is 4.99 Å². The van der Waals surface area contributed by atoms with Crippen LogP contribution in [0.2, 0.25) is 5.15 Å². The molecular weight excluding hydrogens is 364 g/mol. The maximum absolute atomic E-state index is 5.80. The fourth-order valence-corrected chi connectivity index (χ4v) is 2.47. The Bertz CT molecular complexity index is 707. The first kappa shape index (κ1) is 20.8. The summed E-state index contributed by atoms with van der Waals surface area (Å²) in [6.07, 6.45) is 3.48. The van der Waals surface area contributed by atoms with E-state index in [4.69, 9.17) is 21.1 Å². The number of guanidine groups is 1. The lowest BCUT2D eigenvalue weighted by atomic mass is 10.2. The van der Waals surface area contributed by atoms with Gasteiger partial charge in [-0.2, -0.15) is 0 Å². The van der Waals surface area contributed by atoms with Gasteiger partial charge >= 0.3 is 0 Å². The monoisotopic (exact) mass is 390 g/mol. The number of pyridine rings is 1. The van der Waals surface area contributed by atoms with E-state index in [1.807, 2.05) is 37.3 Å². The predicted molar refractivity (Wildman–Crippen MR) is 110 cm³/mol. The fraction of sp³-hybridized carbons (Fsp3) is 0.400. The molecule has 2 N–H and O–H groups in total. The number of halogens is 1. The van der Waals surface area contributed by atoms with Crippen molar-refractivity contribution < 1.29 is 9.47 Å². The van der Waals surface area contributed by atoms with E-state index >= 15 is 0 Å². The van der Waals surface area contributed by atoms with Crippen LogP contribution >= 0.6 is 11.6 Å². The molecule has 7 heteroatoms. The Morgan fingerprint density at radius 1 is 1.19 bits per heavy atom. The van der Waals surface area contributed by atoms with Gasteiger partial charge in [-0.25, -0.2) is 4.98 Å². The molecule has 1 aromatic heterocycles. The summed E-state index contributed by atoms with van der Waals surface area (Å²) in [5, 5.41) is 7.09. The van der Waals surface area contributed by atoms with E-state index in [9.17, 15) is 0 Å². The van der Waals surface area contributed by atoms with Gasteiger partial charge in [-0.1, -0.05) is 23.7 Å². The minimum atomic E-state index is 0.512. The van der Waals surface area contributed by atoms with Gasteiger partial charge in [0.2, 0.25) is 0 Å². The Balaban J connectivity index is 1.69. The highest BCUT2D eigenvalue weighted by atomic mass is 35.5. The van der Waals surface area contributed by atoms with E-state index in [0.717, 1.165) is 49.0 Å². The zero-order valence-corrected chi connectivity index (χ0v) is 16.6. The molecule has 0 amide bonds. The lowest BCUT2D eigenvalue weighted by molar-refractivity contribution is 0.311. The van der Waals surface area contributed by atoms with E-state index in [2.05, 4.69) is 20.6 Å². The number of hydrogen-bond acceptors (Lipinski definition) is 4. The van der Waals surface area contributed by atoms with Crippen molar-refractivity contribution in [3.8, 4) is 11.5 Å². The normalized spacial score (nSPS) is 11.1. The highest BCUT2D eigenvalue weighted by molar-refractivity contribution is 6.29. The van der Waals surface area contributed by atoms with Crippen LogP contribution in [0, 0.1) is 0 Å². The summed E-state index contributed by atoms with van der Waals surface area (Å²) >= 11 is 5.80. The van der Waals surface area contributed by atoms with E-state index in [-0.39, 0.29) is 0 Å². The molecule has 0 saturated carbocycles. The number of nitrogens with one attached hydrogen (secondary N) is 2. The van der Waals surface area contributed by atoms with Gasteiger partial charge in [0.1, 0.15) is 16.7 Å². The topological polar surface area (TPSA) is 67.8 Å². The molecule has 27 heavy (non-hydrogen) atoms. The summed E-state index contributed by atoms with van der Waals surface area (Å²) in [7, 11) is 1.65. The smallest absolute Gasteiger partial charge is 0.191 e. The van der Waals surface area contributed by atoms with Gasteiger partial charge in [0, 0.05) is 38.3 Å². The Hall–Kier alpha value is -2.47. The van der Waals surface area contributed by atoms with Crippen LogP contribution < -0.4 is 20.1 Å². The molecule has 0 unspecified atom stereocenters. The second-order valence-electron chi connectivity index (χ2n) is 5.81. The van der Waals surface area contributed by atoms with Crippen molar-refractivity contribution in [2.75, 3.05) is 33.4 Å². The number of aliphatic imine (C=N–C) groups is 1. The fourth-order valence-electron chi connectivity index (χ4n) is 2.36. The predicted octanol–water partition coefficient (Wildman–Crippen LogP) is 3.31. The third-order valence-corrected chi connectivity index (χ3v) is 3.94. The Morgan fingerprint density at radius 2 is 2.04 bits per heavy atom. The highest BCUT2D eigenvalue weighted by Gasteiger charge is 2.00. The van der Waals surface area contributed by atoms with E-state index in [1.165, 1.54) is 0 Å². The first-order valence-corrected chi connectivity index (χ1v) is 9.48. The average Bonchev–Trinajstić information content (AvgIpc) is 2.69. The standard InChI is InChI=1S/C20H27ClN4O2/c1-3-22-20(24-12-10-16-8-9-19(21)25-15-16)23-11-5-13-27-18-7-4-6-17(14-18)26-2/h4,6-9,14-15H,3,5,10-13H2,1-2H3,(H2,22,23,24). The van der Waals surface area contributed by atoms with Crippen LogP contribution in [-0.4, -0.2) is 44.3 Å². The zero-order chi connectivity index (χ0) is 19.3. The lowest BCUT2D eigenvalue weighted by Crippen LogP contribution is -2.38.